The molecule has 0 bridgehead atoms. The van der Waals surface area contributed by atoms with E-state index in [0.717, 1.165) is 18.7 Å². The Morgan fingerprint density at radius 2 is 1.22 bits per heavy atom. The van der Waals surface area contributed by atoms with Crippen LogP contribution >= 0.6 is 24.2 Å². The molecule has 0 aliphatic heterocycles. The zero-order chi connectivity index (χ0) is 18.0. The van der Waals surface area contributed by atoms with Gasteiger partial charge in [-0.05, 0) is 43.1 Å². The Kier molecular flexibility index (Phi) is 9.47. The van der Waals surface area contributed by atoms with Gasteiger partial charge in [0.1, 0.15) is 0 Å². The molecule has 0 saturated heterocycles. The Hall–Kier alpha value is -1.74. The van der Waals surface area contributed by atoms with E-state index in [0.29, 0.717) is 12.0 Å². The molecule has 142 valence electrons. The minimum atomic E-state index is 0. The summed E-state index contributed by atoms with van der Waals surface area (Å²) >= 11 is 1.92. The number of halogens is 1. The molecular weight excluding hydrogens is 370 g/mol. The highest BCUT2D eigenvalue weighted by atomic mass is 35.5. The largest absolute Gasteiger partial charge is 0.313 e. The summed E-state index contributed by atoms with van der Waals surface area (Å²) in [5.41, 5.74) is 2.79. The van der Waals surface area contributed by atoms with Gasteiger partial charge in [0.15, 0.2) is 0 Å². The van der Waals surface area contributed by atoms with Gasteiger partial charge in [0.05, 0.1) is 0 Å². The molecule has 1 N–H and O–H groups in total. The van der Waals surface area contributed by atoms with Crippen molar-refractivity contribution in [2.24, 2.45) is 0 Å². The third-order valence-corrected chi connectivity index (χ3v) is 5.85. The van der Waals surface area contributed by atoms with Crippen LogP contribution in [0.25, 0.3) is 0 Å². The molecule has 3 aromatic rings. The van der Waals surface area contributed by atoms with Crippen molar-refractivity contribution in [2.75, 3.05) is 12.3 Å². The van der Waals surface area contributed by atoms with Crippen LogP contribution in [0.15, 0.2) is 95.9 Å². The Labute approximate surface area is 174 Å². The van der Waals surface area contributed by atoms with Gasteiger partial charge in [-0.25, -0.2) is 0 Å². The molecule has 0 aliphatic rings. The summed E-state index contributed by atoms with van der Waals surface area (Å²) in [6, 6.07) is 32.8. The molecule has 1 nitrogen and oxygen atoms in total. The van der Waals surface area contributed by atoms with E-state index in [2.05, 4.69) is 103 Å². The van der Waals surface area contributed by atoms with Crippen molar-refractivity contribution in [3.05, 3.63) is 102 Å². The Morgan fingerprint density at radius 1 is 0.741 bits per heavy atom. The number of hydrogen-bond donors (Lipinski definition) is 1. The third kappa shape index (κ3) is 7.06. The highest BCUT2D eigenvalue weighted by Crippen LogP contribution is 2.27. The van der Waals surface area contributed by atoms with Gasteiger partial charge in [-0.1, -0.05) is 78.9 Å². The lowest BCUT2D eigenvalue weighted by atomic mass is 9.88. The van der Waals surface area contributed by atoms with Crippen molar-refractivity contribution in [2.45, 2.75) is 30.2 Å². The highest BCUT2D eigenvalue weighted by molar-refractivity contribution is 7.99. The van der Waals surface area contributed by atoms with E-state index < -0.39 is 0 Å². The van der Waals surface area contributed by atoms with E-state index in [-0.39, 0.29) is 12.4 Å². The molecule has 0 aromatic heterocycles. The lowest BCUT2D eigenvalue weighted by molar-refractivity contribution is 0.555. The van der Waals surface area contributed by atoms with Crippen molar-refractivity contribution >= 4 is 24.2 Å². The normalized spacial score (nSPS) is 11.8. The predicted octanol–water partition coefficient (Wildman–Crippen LogP) is 6.40. The van der Waals surface area contributed by atoms with Crippen LogP contribution in [0.2, 0.25) is 0 Å². The molecule has 0 fully saturated rings. The monoisotopic (exact) mass is 397 g/mol. The van der Waals surface area contributed by atoms with Crippen molar-refractivity contribution in [1.29, 1.82) is 0 Å². The van der Waals surface area contributed by atoms with Gasteiger partial charge in [0.2, 0.25) is 0 Å². The Balaban J connectivity index is 0.00000261. The number of thioether (sulfide) groups is 1. The van der Waals surface area contributed by atoms with Crippen molar-refractivity contribution in [3.8, 4) is 0 Å². The standard InChI is InChI=1S/C24H27NS.ClH/c1-20(19-26-23-15-9-4-10-16-23)25-18-17-24(21-11-5-2-6-12-21)22-13-7-3-8-14-22;/h2-16,20,24-25H,17-19H2,1H3;1H. The van der Waals surface area contributed by atoms with Crippen LogP contribution in [0.5, 0.6) is 0 Å². The molecule has 0 amide bonds. The molecule has 1 unspecified atom stereocenters. The van der Waals surface area contributed by atoms with Crippen LogP contribution in [0, 0.1) is 0 Å². The topological polar surface area (TPSA) is 12.0 Å². The zero-order valence-corrected chi connectivity index (χ0v) is 17.4. The second-order valence-corrected chi connectivity index (χ2v) is 7.74. The van der Waals surface area contributed by atoms with Gasteiger partial charge in [0.25, 0.3) is 0 Å². The van der Waals surface area contributed by atoms with Crippen LogP contribution in [0.1, 0.15) is 30.4 Å². The second-order valence-electron chi connectivity index (χ2n) is 6.64. The zero-order valence-electron chi connectivity index (χ0n) is 15.8. The van der Waals surface area contributed by atoms with Gasteiger partial charge >= 0.3 is 0 Å². The first kappa shape index (κ1) is 21.6. The van der Waals surface area contributed by atoms with E-state index in [9.17, 15) is 0 Å². The summed E-state index contributed by atoms with van der Waals surface area (Å²) in [5.74, 6) is 1.53. The molecule has 0 heterocycles. The minimum Gasteiger partial charge on any atom is -0.313 e. The summed E-state index contributed by atoms with van der Waals surface area (Å²) < 4.78 is 0. The minimum absolute atomic E-state index is 0. The molecule has 27 heavy (non-hydrogen) atoms. The van der Waals surface area contributed by atoms with Gasteiger partial charge in [-0.15, -0.1) is 24.2 Å². The molecule has 1 atom stereocenters. The number of nitrogens with one attached hydrogen (secondary N) is 1. The van der Waals surface area contributed by atoms with Gasteiger partial charge in [-0.3, -0.25) is 0 Å². The molecule has 0 saturated carbocycles. The predicted molar refractivity (Wildman–Crippen MR) is 121 cm³/mol. The summed E-state index contributed by atoms with van der Waals surface area (Å²) in [5, 5.41) is 3.70. The maximum atomic E-state index is 3.70. The molecule has 3 heteroatoms. The fraction of sp³-hybridized carbons (Fsp3) is 0.250. The maximum absolute atomic E-state index is 3.70. The van der Waals surface area contributed by atoms with Crippen LogP contribution in [-0.4, -0.2) is 18.3 Å². The van der Waals surface area contributed by atoms with Crippen LogP contribution in [0.4, 0.5) is 0 Å². The van der Waals surface area contributed by atoms with Gasteiger partial charge in [0, 0.05) is 22.6 Å². The van der Waals surface area contributed by atoms with E-state index >= 15 is 0 Å². The van der Waals surface area contributed by atoms with E-state index in [1.165, 1.54) is 16.0 Å². The van der Waals surface area contributed by atoms with E-state index in [1.54, 1.807) is 0 Å². The average molecular weight is 398 g/mol. The Morgan fingerprint density at radius 3 is 1.74 bits per heavy atom. The van der Waals surface area contributed by atoms with Gasteiger partial charge < -0.3 is 5.32 Å². The summed E-state index contributed by atoms with van der Waals surface area (Å²) in [6.45, 7) is 3.29. The third-order valence-electron chi connectivity index (χ3n) is 4.57. The van der Waals surface area contributed by atoms with Crippen LogP contribution in [0.3, 0.4) is 0 Å². The maximum Gasteiger partial charge on any atom is 0.0133 e. The quantitative estimate of drug-likeness (QED) is 0.419. The fourth-order valence-corrected chi connectivity index (χ4v) is 4.08. The molecule has 0 spiro atoms. The second kappa shape index (κ2) is 11.9. The van der Waals surface area contributed by atoms with Crippen LogP contribution in [-0.2, 0) is 0 Å². The Bertz CT molecular complexity index is 710. The van der Waals surface area contributed by atoms with Crippen molar-refractivity contribution < 1.29 is 0 Å². The van der Waals surface area contributed by atoms with Gasteiger partial charge in [-0.2, -0.15) is 0 Å². The number of hydrogen-bond acceptors (Lipinski definition) is 2. The number of benzene rings is 3. The highest BCUT2D eigenvalue weighted by Gasteiger charge is 2.14. The van der Waals surface area contributed by atoms with Crippen molar-refractivity contribution in [3.63, 3.8) is 0 Å². The smallest absolute Gasteiger partial charge is 0.0133 e. The van der Waals surface area contributed by atoms with E-state index in [1.807, 2.05) is 11.8 Å². The van der Waals surface area contributed by atoms with Crippen LogP contribution < -0.4 is 5.32 Å². The average Bonchev–Trinajstić information content (AvgIpc) is 2.72. The lowest BCUT2D eigenvalue weighted by Gasteiger charge is -2.20. The summed E-state index contributed by atoms with van der Waals surface area (Å²) in [6.07, 6.45) is 1.11. The molecule has 3 rings (SSSR count). The first-order valence-electron chi connectivity index (χ1n) is 9.34. The summed E-state index contributed by atoms with van der Waals surface area (Å²) in [7, 11) is 0. The SMILES string of the molecule is CC(CSc1ccccc1)NCCC(c1ccccc1)c1ccccc1.Cl. The molecule has 0 aliphatic carbocycles. The summed E-state index contributed by atoms with van der Waals surface area (Å²) in [4.78, 5) is 1.34. The molecule has 3 aromatic carbocycles. The molecular formula is C24H28ClNS. The first-order valence-corrected chi connectivity index (χ1v) is 10.3. The number of rotatable bonds is 9. The lowest BCUT2D eigenvalue weighted by Crippen LogP contribution is -2.30. The van der Waals surface area contributed by atoms with E-state index in [4.69, 9.17) is 0 Å². The van der Waals surface area contributed by atoms with Crippen molar-refractivity contribution in [1.82, 2.24) is 5.32 Å². The first-order chi connectivity index (χ1) is 12.8. The molecule has 0 radical (unpaired) electrons. The fourth-order valence-electron chi connectivity index (χ4n) is 3.17.